The second-order valence-corrected chi connectivity index (χ2v) is 7.13. The second-order valence-electron chi connectivity index (χ2n) is 7.13. The maximum atomic E-state index is 5.08. The maximum absolute atomic E-state index is 5.08. The molecule has 0 unspecified atom stereocenters. The fourth-order valence-electron chi connectivity index (χ4n) is 2.94. The summed E-state index contributed by atoms with van der Waals surface area (Å²) < 4.78 is 5.08. The summed E-state index contributed by atoms with van der Waals surface area (Å²) in [7, 11) is 1.78. The van der Waals surface area contributed by atoms with E-state index in [9.17, 15) is 0 Å². The average Bonchev–Trinajstić information content (AvgIpc) is 2.06. The predicted octanol–water partition coefficient (Wildman–Crippen LogP) is 4.90. The first kappa shape index (κ1) is 16.0. The summed E-state index contributed by atoms with van der Waals surface area (Å²) >= 11 is 0. The summed E-state index contributed by atoms with van der Waals surface area (Å²) in [6, 6.07) is 0. The van der Waals surface area contributed by atoms with E-state index in [0.29, 0.717) is 10.8 Å². The van der Waals surface area contributed by atoms with Gasteiger partial charge in [-0.2, -0.15) is 0 Å². The third-order valence-electron chi connectivity index (χ3n) is 3.43. The molecule has 0 rings (SSSR count). The van der Waals surface area contributed by atoms with E-state index in [1.807, 2.05) is 0 Å². The van der Waals surface area contributed by atoms with Crippen molar-refractivity contribution in [2.45, 2.75) is 67.2 Å². The molecule has 0 N–H and O–H groups in total. The van der Waals surface area contributed by atoms with E-state index >= 15 is 0 Å². The normalized spacial score (nSPS) is 13.5. The van der Waals surface area contributed by atoms with Crippen molar-refractivity contribution < 1.29 is 4.74 Å². The van der Waals surface area contributed by atoms with Crippen LogP contribution in [0.15, 0.2) is 0 Å². The molecular weight excluding hydrogens is 196 g/mol. The summed E-state index contributed by atoms with van der Waals surface area (Å²) in [5.74, 6) is 0.794. The Morgan fingerprint density at radius 3 is 1.69 bits per heavy atom. The largest absolute Gasteiger partial charge is 0.385 e. The zero-order valence-electron chi connectivity index (χ0n) is 12.5. The van der Waals surface area contributed by atoms with Crippen molar-refractivity contribution in [3.63, 3.8) is 0 Å². The average molecular weight is 228 g/mol. The Kier molecular flexibility index (Phi) is 6.62. The second kappa shape index (κ2) is 6.64. The molecule has 0 aromatic heterocycles. The molecule has 1 nitrogen and oxygen atoms in total. The zero-order valence-corrected chi connectivity index (χ0v) is 12.5. The number of unbranched alkanes of at least 4 members (excludes halogenated alkanes) is 2. The van der Waals surface area contributed by atoms with Gasteiger partial charge in [0, 0.05) is 13.7 Å². The van der Waals surface area contributed by atoms with Crippen LogP contribution in [0, 0.1) is 16.7 Å². The highest BCUT2D eigenvalue weighted by Gasteiger charge is 2.33. The third-order valence-corrected chi connectivity index (χ3v) is 3.43. The van der Waals surface area contributed by atoms with Gasteiger partial charge in [0.2, 0.25) is 0 Å². The summed E-state index contributed by atoms with van der Waals surface area (Å²) in [4.78, 5) is 0. The van der Waals surface area contributed by atoms with E-state index in [4.69, 9.17) is 4.74 Å². The van der Waals surface area contributed by atoms with E-state index < -0.39 is 0 Å². The topological polar surface area (TPSA) is 9.23 Å². The lowest BCUT2D eigenvalue weighted by Crippen LogP contribution is -2.32. The van der Waals surface area contributed by atoms with Crippen LogP contribution in [0.3, 0.4) is 0 Å². The Hall–Kier alpha value is -0.0400. The first-order valence-electron chi connectivity index (χ1n) is 6.68. The van der Waals surface area contributed by atoms with Gasteiger partial charge in [-0.25, -0.2) is 0 Å². The highest BCUT2D eigenvalue weighted by Crippen LogP contribution is 2.42. The summed E-state index contributed by atoms with van der Waals surface area (Å²) in [6.45, 7) is 15.2. The summed E-state index contributed by atoms with van der Waals surface area (Å²) in [6.07, 6.45) is 5.19. The first-order valence-corrected chi connectivity index (χ1v) is 6.68. The number of hydrogen-bond donors (Lipinski definition) is 0. The first-order chi connectivity index (χ1) is 7.19. The van der Waals surface area contributed by atoms with Gasteiger partial charge in [0.15, 0.2) is 0 Å². The fourth-order valence-corrected chi connectivity index (χ4v) is 2.94. The SMILES string of the molecule is COCCCCCC(C(C)(C)C)C(C)(C)C. The molecule has 98 valence electrons. The van der Waals surface area contributed by atoms with Crippen LogP contribution in [-0.2, 0) is 4.74 Å². The van der Waals surface area contributed by atoms with Gasteiger partial charge >= 0.3 is 0 Å². The van der Waals surface area contributed by atoms with Gasteiger partial charge < -0.3 is 4.74 Å². The monoisotopic (exact) mass is 228 g/mol. The van der Waals surface area contributed by atoms with Crippen molar-refractivity contribution in [1.29, 1.82) is 0 Å². The minimum absolute atomic E-state index is 0.416. The Morgan fingerprint density at radius 2 is 1.31 bits per heavy atom. The minimum atomic E-state index is 0.416. The lowest BCUT2D eigenvalue weighted by Gasteiger charge is -2.41. The molecule has 0 spiro atoms. The summed E-state index contributed by atoms with van der Waals surface area (Å²) in [5.41, 5.74) is 0.832. The Morgan fingerprint density at radius 1 is 0.812 bits per heavy atom. The molecule has 0 heterocycles. The van der Waals surface area contributed by atoms with E-state index in [-0.39, 0.29) is 0 Å². The molecule has 0 fully saturated rings. The molecule has 0 atom stereocenters. The van der Waals surface area contributed by atoms with Crippen LogP contribution >= 0.6 is 0 Å². The van der Waals surface area contributed by atoms with Gasteiger partial charge in [0.1, 0.15) is 0 Å². The molecule has 0 aromatic rings. The maximum Gasteiger partial charge on any atom is 0.0462 e. The van der Waals surface area contributed by atoms with Gasteiger partial charge in [-0.15, -0.1) is 0 Å². The van der Waals surface area contributed by atoms with Crippen LogP contribution in [0.5, 0.6) is 0 Å². The molecule has 16 heavy (non-hydrogen) atoms. The molecule has 0 aliphatic heterocycles. The van der Waals surface area contributed by atoms with Crippen LogP contribution in [0.25, 0.3) is 0 Å². The molecule has 0 amide bonds. The Bertz CT molecular complexity index is 157. The highest BCUT2D eigenvalue weighted by atomic mass is 16.5. The molecule has 0 radical (unpaired) electrons. The van der Waals surface area contributed by atoms with Crippen LogP contribution in [0.4, 0.5) is 0 Å². The van der Waals surface area contributed by atoms with Crippen molar-refractivity contribution in [2.24, 2.45) is 16.7 Å². The van der Waals surface area contributed by atoms with Crippen LogP contribution < -0.4 is 0 Å². The number of rotatable bonds is 6. The van der Waals surface area contributed by atoms with Crippen molar-refractivity contribution in [1.82, 2.24) is 0 Å². The molecule has 0 aliphatic carbocycles. The van der Waals surface area contributed by atoms with Crippen molar-refractivity contribution in [3.8, 4) is 0 Å². The van der Waals surface area contributed by atoms with Gasteiger partial charge in [-0.1, -0.05) is 54.4 Å². The number of methoxy groups -OCH3 is 1. The lowest BCUT2D eigenvalue weighted by atomic mass is 9.65. The van der Waals surface area contributed by atoms with E-state index in [1.54, 1.807) is 7.11 Å². The van der Waals surface area contributed by atoms with Gasteiger partial charge in [0.05, 0.1) is 0 Å². The molecule has 0 saturated carbocycles. The third kappa shape index (κ3) is 6.52. The molecule has 0 aromatic carbocycles. The fraction of sp³-hybridized carbons (Fsp3) is 1.00. The zero-order chi connectivity index (χ0) is 12.8. The van der Waals surface area contributed by atoms with Crippen molar-refractivity contribution >= 4 is 0 Å². The minimum Gasteiger partial charge on any atom is -0.385 e. The number of hydrogen-bond acceptors (Lipinski definition) is 1. The standard InChI is InChI=1S/C15H32O/c1-14(2,3)13(15(4,5)6)11-9-8-10-12-16-7/h13H,8-12H2,1-7H3. The molecule has 0 bridgehead atoms. The summed E-state index contributed by atoms with van der Waals surface area (Å²) in [5, 5.41) is 0. The van der Waals surface area contributed by atoms with Gasteiger partial charge in [-0.3, -0.25) is 0 Å². The van der Waals surface area contributed by atoms with Crippen LogP contribution in [-0.4, -0.2) is 13.7 Å². The van der Waals surface area contributed by atoms with Crippen molar-refractivity contribution in [3.05, 3.63) is 0 Å². The molecule has 0 aliphatic rings. The van der Waals surface area contributed by atoms with Crippen LogP contribution in [0.2, 0.25) is 0 Å². The van der Waals surface area contributed by atoms with E-state index in [1.165, 1.54) is 25.7 Å². The molecule has 1 heteroatoms. The van der Waals surface area contributed by atoms with Crippen molar-refractivity contribution in [2.75, 3.05) is 13.7 Å². The quantitative estimate of drug-likeness (QED) is 0.587. The molecule has 0 saturated heterocycles. The Balaban J connectivity index is 4.06. The van der Waals surface area contributed by atoms with Crippen LogP contribution in [0.1, 0.15) is 67.2 Å². The predicted molar refractivity (Wildman–Crippen MR) is 72.7 cm³/mol. The Labute approximate surface area is 103 Å². The van der Waals surface area contributed by atoms with Gasteiger partial charge in [0.25, 0.3) is 0 Å². The van der Waals surface area contributed by atoms with Gasteiger partial charge in [-0.05, 0) is 29.6 Å². The number of ether oxygens (including phenoxy) is 1. The van der Waals surface area contributed by atoms with E-state index in [0.717, 1.165) is 12.5 Å². The lowest BCUT2D eigenvalue weighted by molar-refractivity contribution is 0.0889. The highest BCUT2D eigenvalue weighted by molar-refractivity contribution is 4.83. The molecular formula is C15H32O. The smallest absolute Gasteiger partial charge is 0.0462 e. The van der Waals surface area contributed by atoms with E-state index in [2.05, 4.69) is 41.5 Å².